The third-order valence-corrected chi connectivity index (χ3v) is 2.17. The molecule has 0 saturated heterocycles. The van der Waals surface area contributed by atoms with Crippen LogP contribution in [0.25, 0.3) is 11.0 Å². The van der Waals surface area contributed by atoms with Gasteiger partial charge in [0.2, 0.25) is 0 Å². The van der Waals surface area contributed by atoms with Crippen LogP contribution in [0.5, 0.6) is 0 Å². The van der Waals surface area contributed by atoms with Crippen LogP contribution < -0.4 is 5.32 Å². The first-order valence-corrected chi connectivity index (χ1v) is 4.70. The molecular weight excluding hydrogens is 188 g/mol. The summed E-state index contributed by atoms with van der Waals surface area (Å²) in [5.74, 6) is 3.42. The zero-order valence-electron chi connectivity index (χ0n) is 8.74. The number of rotatable bonds is 2. The number of pyridine rings is 1. The second-order valence-corrected chi connectivity index (χ2v) is 3.89. The van der Waals surface area contributed by atoms with Crippen LogP contribution >= 0.6 is 0 Å². The van der Waals surface area contributed by atoms with Crippen molar-refractivity contribution in [2.24, 2.45) is 0 Å². The van der Waals surface area contributed by atoms with E-state index < -0.39 is 5.54 Å². The summed E-state index contributed by atoms with van der Waals surface area (Å²) in [6, 6.07) is 3.70. The number of aromatic nitrogens is 1. The second kappa shape index (κ2) is 3.32. The Hall–Kier alpha value is -1.95. The molecule has 0 fully saturated rings. The Balaban J connectivity index is 2.45. The lowest BCUT2D eigenvalue weighted by atomic mass is 10.1. The van der Waals surface area contributed by atoms with Gasteiger partial charge in [0, 0.05) is 6.20 Å². The quantitative estimate of drug-likeness (QED) is 0.757. The molecule has 0 bridgehead atoms. The van der Waals surface area contributed by atoms with Gasteiger partial charge in [-0.05, 0) is 26.0 Å². The van der Waals surface area contributed by atoms with Crippen molar-refractivity contribution >= 4 is 16.8 Å². The Morgan fingerprint density at radius 1 is 1.47 bits per heavy atom. The van der Waals surface area contributed by atoms with E-state index in [-0.39, 0.29) is 0 Å². The monoisotopic (exact) mass is 200 g/mol. The maximum atomic E-state index is 5.41. The fourth-order valence-electron chi connectivity index (χ4n) is 1.33. The van der Waals surface area contributed by atoms with E-state index in [1.54, 1.807) is 12.5 Å². The predicted octanol–water partition coefficient (Wildman–Crippen LogP) is 2.65. The average molecular weight is 200 g/mol. The highest BCUT2D eigenvalue weighted by Crippen LogP contribution is 2.23. The molecule has 3 nitrogen and oxygen atoms in total. The summed E-state index contributed by atoms with van der Waals surface area (Å²) < 4.78 is 5.28. The van der Waals surface area contributed by atoms with Crippen molar-refractivity contribution in [3.8, 4) is 12.3 Å². The summed E-state index contributed by atoms with van der Waals surface area (Å²) in [6.45, 7) is 3.85. The Morgan fingerprint density at radius 3 is 3.00 bits per heavy atom. The molecule has 15 heavy (non-hydrogen) atoms. The summed E-state index contributed by atoms with van der Waals surface area (Å²) in [5.41, 5.74) is 0.388. The molecule has 76 valence electrons. The van der Waals surface area contributed by atoms with E-state index >= 15 is 0 Å². The Kier molecular flexibility index (Phi) is 2.12. The van der Waals surface area contributed by atoms with Crippen LogP contribution in [0.2, 0.25) is 0 Å². The van der Waals surface area contributed by atoms with Crippen LogP contribution in [0.3, 0.4) is 0 Å². The van der Waals surface area contributed by atoms with Crippen LogP contribution in [-0.2, 0) is 0 Å². The minimum atomic E-state index is -0.418. The molecule has 0 unspecified atom stereocenters. The number of anilines is 1. The van der Waals surface area contributed by atoms with Crippen molar-refractivity contribution in [3.63, 3.8) is 0 Å². The second-order valence-electron chi connectivity index (χ2n) is 3.89. The lowest BCUT2D eigenvalue weighted by Gasteiger charge is -2.20. The van der Waals surface area contributed by atoms with E-state index in [9.17, 15) is 0 Å². The molecule has 0 aliphatic heterocycles. The predicted molar refractivity (Wildman–Crippen MR) is 60.5 cm³/mol. The van der Waals surface area contributed by atoms with Gasteiger partial charge in [-0.15, -0.1) is 6.42 Å². The molecule has 0 aliphatic carbocycles. The van der Waals surface area contributed by atoms with Crippen molar-refractivity contribution in [2.45, 2.75) is 19.4 Å². The lowest BCUT2D eigenvalue weighted by Crippen LogP contribution is -2.28. The normalized spacial score (nSPS) is 11.3. The van der Waals surface area contributed by atoms with Crippen LogP contribution in [0.4, 0.5) is 5.82 Å². The van der Waals surface area contributed by atoms with E-state index in [2.05, 4.69) is 16.2 Å². The number of hydrogen-bond donors (Lipinski definition) is 1. The van der Waals surface area contributed by atoms with Gasteiger partial charge in [0.25, 0.3) is 0 Å². The third kappa shape index (κ3) is 1.79. The SMILES string of the molecule is C#CC(C)(C)Nc1nccc2occc12. The Labute approximate surface area is 88.5 Å². The molecule has 2 aromatic heterocycles. The molecule has 0 aromatic carbocycles. The standard InChI is InChI=1S/C12H12N2O/c1-4-12(2,3)14-11-9-6-8-15-10(9)5-7-13-11/h1,5-8H,2-3H3,(H,13,14). The van der Waals surface area contributed by atoms with E-state index in [4.69, 9.17) is 10.8 Å². The molecule has 2 rings (SSSR count). The van der Waals surface area contributed by atoms with Gasteiger partial charge in [-0.2, -0.15) is 0 Å². The van der Waals surface area contributed by atoms with E-state index in [1.165, 1.54) is 0 Å². The molecule has 0 amide bonds. The number of terminal acetylenes is 1. The smallest absolute Gasteiger partial charge is 0.139 e. The van der Waals surface area contributed by atoms with Gasteiger partial charge in [0.1, 0.15) is 11.4 Å². The van der Waals surface area contributed by atoms with Crippen molar-refractivity contribution in [3.05, 3.63) is 24.6 Å². The Morgan fingerprint density at radius 2 is 2.27 bits per heavy atom. The molecule has 0 saturated carbocycles. The summed E-state index contributed by atoms with van der Waals surface area (Å²) >= 11 is 0. The van der Waals surface area contributed by atoms with Gasteiger partial charge in [-0.3, -0.25) is 0 Å². The lowest BCUT2D eigenvalue weighted by molar-refractivity contribution is 0.615. The highest BCUT2D eigenvalue weighted by Gasteiger charge is 2.15. The molecule has 0 aliphatic rings. The van der Waals surface area contributed by atoms with Gasteiger partial charge in [-0.25, -0.2) is 4.98 Å². The first-order valence-electron chi connectivity index (χ1n) is 4.70. The minimum absolute atomic E-state index is 0.418. The number of fused-ring (bicyclic) bond motifs is 1. The zero-order valence-corrected chi connectivity index (χ0v) is 8.74. The van der Waals surface area contributed by atoms with Crippen LogP contribution in [-0.4, -0.2) is 10.5 Å². The third-order valence-electron chi connectivity index (χ3n) is 2.17. The number of furan rings is 1. The zero-order chi connectivity index (χ0) is 10.9. The van der Waals surface area contributed by atoms with Crippen molar-refractivity contribution in [1.29, 1.82) is 0 Å². The van der Waals surface area contributed by atoms with Gasteiger partial charge in [0.15, 0.2) is 0 Å². The van der Waals surface area contributed by atoms with Gasteiger partial charge < -0.3 is 9.73 Å². The van der Waals surface area contributed by atoms with E-state index in [1.807, 2.05) is 26.0 Å². The van der Waals surface area contributed by atoms with Crippen LogP contribution in [0.1, 0.15) is 13.8 Å². The fourth-order valence-corrected chi connectivity index (χ4v) is 1.33. The molecular formula is C12H12N2O. The number of nitrogens with zero attached hydrogens (tertiary/aromatic N) is 1. The van der Waals surface area contributed by atoms with E-state index in [0.29, 0.717) is 0 Å². The van der Waals surface area contributed by atoms with Crippen molar-refractivity contribution < 1.29 is 4.42 Å². The van der Waals surface area contributed by atoms with Gasteiger partial charge in [-0.1, -0.05) is 5.92 Å². The number of hydrogen-bond acceptors (Lipinski definition) is 3. The molecule has 1 N–H and O–H groups in total. The van der Waals surface area contributed by atoms with E-state index in [0.717, 1.165) is 16.8 Å². The van der Waals surface area contributed by atoms with Crippen LogP contribution in [0, 0.1) is 12.3 Å². The highest BCUT2D eigenvalue weighted by atomic mass is 16.3. The fraction of sp³-hybridized carbons (Fsp3) is 0.250. The molecule has 0 radical (unpaired) electrons. The van der Waals surface area contributed by atoms with Crippen LogP contribution in [0.15, 0.2) is 29.0 Å². The summed E-state index contributed by atoms with van der Waals surface area (Å²) in [5, 5.41) is 4.14. The summed E-state index contributed by atoms with van der Waals surface area (Å²) in [6.07, 6.45) is 8.74. The maximum Gasteiger partial charge on any atom is 0.139 e. The largest absolute Gasteiger partial charge is 0.464 e. The average Bonchev–Trinajstić information content (AvgIpc) is 2.66. The molecule has 0 atom stereocenters. The Bertz CT molecular complexity index is 520. The molecule has 0 spiro atoms. The van der Waals surface area contributed by atoms with Crippen molar-refractivity contribution in [2.75, 3.05) is 5.32 Å². The summed E-state index contributed by atoms with van der Waals surface area (Å²) in [7, 11) is 0. The van der Waals surface area contributed by atoms with Gasteiger partial charge in [0.05, 0.1) is 17.2 Å². The highest BCUT2D eigenvalue weighted by molar-refractivity contribution is 5.88. The van der Waals surface area contributed by atoms with Gasteiger partial charge >= 0.3 is 0 Å². The van der Waals surface area contributed by atoms with Crippen molar-refractivity contribution in [1.82, 2.24) is 4.98 Å². The first kappa shape index (κ1) is 9.60. The maximum absolute atomic E-state index is 5.41. The molecule has 2 aromatic rings. The topological polar surface area (TPSA) is 38.1 Å². The summed E-state index contributed by atoms with van der Waals surface area (Å²) in [4.78, 5) is 4.25. The molecule has 3 heteroatoms. The molecule has 2 heterocycles. The minimum Gasteiger partial charge on any atom is -0.464 e. The number of nitrogens with one attached hydrogen (secondary N) is 1. The first-order chi connectivity index (χ1) is 7.12.